The second-order valence-corrected chi connectivity index (χ2v) is 8.32. The van der Waals surface area contributed by atoms with Crippen LogP contribution in [0.5, 0.6) is 11.8 Å². The third kappa shape index (κ3) is 5.95. The Morgan fingerprint density at radius 1 is 1.12 bits per heavy atom. The van der Waals surface area contributed by atoms with Gasteiger partial charge in [0.15, 0.2) is 6.61 Å². The summed E-state index contributed by atoms with van der Waals surface area (Å²) in [6.45, 7) is -0.204. The Kier molecular flexibility index (Phi) is 7.18. The fourth-order valence-corrected chi connectivity index (χ4v) is 3.79. The van der Waals surface area contributed by atoms with Gasteiger partial charge in [0.05, 0.1) is 19.3 Å². The quantitative estimate of drug-likeness (QED) is 0.435. The minimum atomic E-state index is -4.39. The first-order valence-corrected chi connectivity index (χ1v) is 11.1. The summed E-state index contributed by atoms with van der Waals surface area (Å²) in [6, 6.07) is 8.82. The summed E-state index contributed by atoms with van der Waals surface area (Å²) in [5.74, 6) is 2.60. The monoisotopic (exact) mass is 476 g/mol. The smallest absolute Gasteiger partial charge is 0.422 e. The van der Waals surface area contributed by atoms with E-state index in [4.69, 9.17) is 4.74 Å². The van der Waals surface area contributed by atoms with Crippen LogP contribution in [-0.2, 0) is 19.5 Å². The van der Waals surface area contributed by atoms with Crippen LogP contribution in [0.25, 0.3) is 0 Å². The molecule has 1 saturated carbocycles. The Bertz CT molecular complexity index is 1080. The number of hydrogen-bond acceptors (Lipinski definition) is 7. The van der Waals surface area contributed by atoms with E-state index in [-0.39, 0.29) is 5.88 Å². The summed E-state index contributed by atoms with van der Waals surface area (Å²) in [6.07, 6.45) is 1.14. The summed E-state index contributed by atoms with van der Waals surface area (Å²) in [5.41, 5.74) is 1.73. The van der Waals surface area contributed by atoms with E-state index in [1.165, 1.54) is 12.5 Å². The lowest BCUT2D eigenvalue weighted by molar-refractivity contribution is -0.154. The Morgan fingerprint density at radius 2 is 1.94 bits per heavy atom. The van der Waals surface area contributed by atoms with Crippen molar-refractivity contribution in [2.45, 2.75) is 50.9 Å². The number of nitrogens with zero attached hydrogens (tertiary/aromatic N) is 6. The maximum atomic E-state index is 12.3. The largest absolute Gasteiger partial charge is 0.481 e. The van der Waals surface area contributed by atoms with Crippen LogP contribution < -0.4 is 14.4 Å². The minimum absolute atomic E-state index is 0.0493. The number of aromatic nitrogens is 5. The molecule has 8 nitrogen and oxygen atoms in total. The average Bonchev–Trinajstić information content (AvgIpc) is 3.18. The number of aryl methyl sites for hydroxylation is 1. The predicted molar refractivity (Wildman–Crippen MR) is 119 cm³/mol. The van der Waals surface area contributed by atoms with Gasteiger partial charge in [-0.25, -0.2) is 9.97 Å². The van der Waals surface area contributed by atoms with Gasteiger partial charge in [0.1, 0.15) is 5.82 Å². The van der Waals surface area contributed by atoms with E-state index in [1.54, 1.807) is 25.4 Å². The zero-order chi connectivity index (χ0) is 24.1. The van der Waals surface area contributed by atoms with E-state index >= 15 is 0 Å². The molecule has 0 radical (unpaired) electrons. The van der Waals surface area contributed by atoms with Crippen LogP contribution in [0.4, 0.5) is 19.1 Å². The Morgan fingerprint density at radius 3 is 2.59 bits per heavy atom. The minimum Gasteiger partial charge on any atom is -0.481 e. The Labute approximate surface area is 195 Å². The SMILES string of the molecule is COc1cccc(CN(C)c2nnc(C3CCC3)n2CCc2ccc(OCC(F)(F)F)nc2)n1. The molecule has 0 atom stereocenters. The van der Waals surface area contributed by atoms with Crippen molar-refractivity contribution >= 4 is 5.95 Å². The molecule has 3 aromatic heterocycles. The molecule has 0 aliphatic heterocycles. The molecule has 0 spiro atoms. The summed E-state index contributed by atoms with van der Waals surface area (Å²) in [5, 5.41) is 8.96. The van der Waals surface area contributed by atoms with Gasteiger partial charge in [-0.05, 0) is 30.9 Å². The normalized spacial score (nSPS) is 14.0. The summed E-state index contributed by atoms with van der Waals surface area (Å²) < 4.78 is 49.0. The molecule has 3 aromatic rings. The van der Waals surface area contributed by atoms with Crippen LogP contribution in [0.15, 0.2) is 36.5 Å². The molecule has 0 aromatic carbocycles. The van der Waals surface area contributed by atoms with Crippen molar-refractivity contribution in [1.29, 1.82) is 0 Å². The van der Waals surface area contributed by atoms with Crippen LogP contribution in [0.1, 0.15) is 42.3 Å². The van der Waals surface area contributed by atoms with Gasteiger partial charge >= 0.3 is 6.18 Å². The first-order valence-electron chi connectivity index (χ1n) is 11.1. The number of pyridine rings is 2. The molecule has 0 saturated heterocycles. The van der Waals surface area contributed by atoms with Crippen molar-refractivity contribution in [3.8, 4) is 11.8 Å². The topological polar surface area (TPSA) is 78.2 Å². The zero-order valence-electron chi connectivity index (χ0n) is 19.1. The molecule has 11 heteroatoms. The fraction of sp³-hybridized carbons (Fsp3) is 0.478. The van der Waals surface area contributed by atoms with Gasteiger partial charge in [0, 0.05) is 37.8 Å². The average molecular weight is 477 g/mol. The van der Waals surface area contributed by atoms with Crippen molar-refractivity contribution in [3.05, 3.63) is 53.6 Å². The lowest BCUT2D eigenvalue weighted by Gasteiger charge is -2.26. The molecule has 1 aliphatic rings. The number of methoxy groups -OCH3 is 1. The molecule has 0 N–H and O–H groups in total. The predicted octanol–water partition coefficient (Wildman–Crippen LogP) is 4.16. The highest BCUT2D eigenvalue weighted by molar-refractivity contribution is 5.33. The highest BCUT2D eigenvalue weighted by Gasteiger charge is 2.29. The van der Waals surface area contributed by atoms with Crippen molar-refractivity contribution in [2.75, 3.05) is 25.7 Å². The molecule has 0 amide bonds. The van der Waals surface area contributed by atoms with Gasteiger partial charge in [0.2, 0.25) is 17.7 Å². The standard InChI is InChI=1S/C23H27F3N6O2/c1-31(14-18-7-4-8-20(28-18)33-2)22-30-29-21(17-5-3-6-17)32(22)12-11-16-9-10-19(27-13-16)34-15-23(24,25)26/h4,7-10,13,17H,3,5-6,11-12,14-15H2,1-2H3. The molecule has 182 valence electrons. The van der Waals surface area contributed by atoms with E-state index in [0.29, 0.717) is 31.3 Å². The Hall–Kier alpha value is -3.37. The Balaban J connectivity index is 1.46. The van der Waals surface area contributed by atoms with Crippen molar-refractivity contribution in [2.24, 2.45) is 0 Å². The highest BCUT2D eigenvalue weighted by atomic mass is 19.4. The molecule has 0 bridgehead atoms. The lowest BCUT2D eigenvalue weighted by Crippen LogP contribution is -2.24. The third-order valence-corrected chi connectivity index (χ3v) is 5.77. The number of ether oxygens (including phenoxy) is 2. The fourth-order valence-electron chi connectivity index (χ4n) is 3.79. The van der Waals surface area contributed by atoms with Crippen LogP contribution in [0.3, 0.4) is 0 Å². The first kappa shape index (κ1) is 23.8. The molecular weight excluding hydrogens is 449 g/mol. The lowest BCUT2D eigenvalue weighted by atomic mass is 9.85. The van der Waals surface area contributed by atoms with Crippen LogP contribution in [0.2, 0.25) is 0 Å². The van der Waals surface area contributed by atoms with Crippen LogP contribution in [-0.4, -0.2) is 51.7 Å². The number of anilines is 1. The van der Waals surface area contributed by atoms with Gasteiger partial charge < -0.3 is 14.4 Å². The second kappa shape index (κ2) is 10.3. The van der Waals surface area contributed by atoms with E-state index in [1.807, 2.05) is 24.1 Å². The highest BCUT2D eigenvalue weighted by Crippen LogP contribution is 2.36. The van der Waals surface area contributed by atoms with Gasteiger partial charge in [0.25, 0.3) is 0 Å². The third-order valence-electron chi connectivity index (χ3n) is 5.77. The number of alkyl halides is 3. The summed E-state index contributed by atoms with van der Waals surface area (Å²) in [4.78, 5) is 10.5. The second-order valence-electron chi connectivity index (χ2n) is 8.32. The zero-order valence-corrected chi connectivity index (χ0v) is 19.1. The van der Waals surface area contributed by atoms with Crippen LogP contribution in [0, 0.1) is 0 Å². The molecule has 1 fully saturated rings. The molecule has 3 heterocycles. The molecular formula is C23H27F3N6O2. The van der Waals surface area contributed by atoms with Crippen molar-refractivity contribution < 1.29 is 22.6 Å². The summed E-state index contributed by atoms with van der Waals surface area (Å²) >= 11 is 0. The van der Waals surface area contributed by atoms with Gasteiger partial charge in [-0.15, -0.1) is 10.2 Å². The van der Waals surface area contributed by atoms with Crippen molar-refractivity contribution in [3.63, 3.8) is 0 Å². The first-order chi connectivity index (χ1) is 16.3. The number of rotatable bonds is 10. The number of hydrogen-bond donors (Lipinski definition) is 0. The maximum Gasteiger partial charge on any atom is 0.422 e. The molecule has 0 unspecified atom stereocenters. The molecule has 34 heavy (non-hydrogen) atoms. The number of halogens is 3. The van der Waals surface area contributed by atoms with E-state index in [9.17, 15) is 13.2 Å². The molecule has 4 rings (SSSR count). The van der Waals surface area contributed by atoms with Gasteiger partial charge in [-0.1, -0.05) is 18.6 Å². The summed E-state index contributed by atoms with van der Waals surface area (Å²) in [7, 11) is 3.53. The maximum absolute atomic E-state index is 12.3. The molecule has 1 aliphatic carbocycles. The van der Waals surface area contributed by atoms with E-state index < -0.39 is 12.8 Å². The van der Waals surface area contributed by atoms with Gasteiger partial charge in [-0.3, -0.25) is 4.57 Å². The van der Waals surface area contributed by atoms with Crippen LogP contribution >= 0.6 is 0 Å². The van der Waals surface area contributed by atoms with Gasteiger partial charge in [-0.2, -0.15) is 13.2 Å². The van der Waals surface area contributed by atoms with E-state index in [0.717, 1.165) is 35.9 Å². The van der Waals surface area contributed by atoms with E-state index in [2.05, 4.69) is 29.5 Å². The van der Waals surface area contributed by atoms with Crippen molar-refractivity contribution in [1.82, 2.24) is 24.7 Å².